The Morgan fingerprint density at radius 3 is 3.05 bits per heavy atom. The molecule has 1 aromatic carbocycles. The van der Waals surface area contributed by atoms with Crippen molar-refractivity contribution in [2.75, 3.05) is 0 Å². The second-order valence-corrected chi connectivity index (χ2v) is 7.73. The van der Waals surface area contributed by atoms with Crippen LogP contribution < -0.4 is 0 Å². The molecule has 0 saturated carbocycles. The highest BCUT2D eigenvalue weighted by Gasteiger charge is 2.30. The van der Waals surface area contributed by atoms with Crippen molar-refractivity contribution in [3.63, 3.8) is 0 Å². The van der Waals surface area contributed by atoms with Crippen molar-refractivity contribution in [2.45, 2.75) is 44.2 Å². The Hall–Kier alpha value is -1.56. The van der Waals surface area contributed by atoms with Gasteiger partial charge in [0.05, 0.1) is 11.0 Å². The number of benzene rings is 1. The van der Waals surface area contributed by atoms with Gasteiger partial charge in [0.15, 0.2) is 0 Å². The number of halogens is 1. The summed E-state index contributed by atoms with van der Waals surface area (Å²) in [4.78, 5) is 4.24. The van der Waals surface area contributed by atoms with E-state index in [2.05, 4.69) is 23.9 Å². The van der Waals surface area contributed by atoms with Gasteiger partial charge in [-0.1, -0.05) is 26.0 Å². The van der Waals surface area contributed by atoms with Crippen LogP contribution in [-0.2, 0) is 29.5 Å². The van der Waals surface area contributed by atoms with E-state index in [-0.39, 0.29) is 11.1 Å². The van der Waals surface area contributed by atoms with Crippen LogP contribution in [-0.4, -0.2) is 19.0 Å². The average Bonchev–Trinajstić information content (AvgIpc) is 3.06. The fourth-order valence-corrected chi connectivity index (χ4v) is 4.53. The lowest BCUT2D eigenvalue weighted by Crippen LogP contribution is -2.14. The van der Waals surface area contributed by atoms with Gasteiger partial charge in [-0.2, -0.15) is 5.10 Å². The third-order valence-electron chi connectivity index (χ3n) is 3.98. The molecule has 0 fully saturated rings. The summed E-state index contributed by atoms with van der Waals surface area (Å²) >= 11 is 0. The summed E-state index contributed by atoms with van der Waals surface area (Å²) in [5, 5.41) is 4.10. The molecule has 0 N–H and O–H groups in total. The predicted octanol–water partition coefficient (Wildman–Crippen LogP) is 3.01. The molecule has 0 bridgehead atoms. The number of hydrogen-bond acceptors (Lipinski definition) is 3. The van der Waals surface area contributed by atoms with Crippen molar-refractivity contribution < 1.29 is 8.60 Å². The summed E-state index contributed by atoms with van der Waals surface area (Å²) in [6, 6.07) is 5.07. The standard InChI is InChI=1S/C16H20FN3OS/c1-11(2)8-20-16(18-10-19-20)9-22(21)15-7-6-12-13(15)4-3-5-14(12)17/h3-5,10-11,15H,6-9H2,1-2H3/t15-,22-/m0/s1. The number of fused-ring (bicyclic) bond motifs is 1. The second kappa shape index (κ2) is 6.28. The molecular formula is C16H20FN3OS. The van der Waals surface area contributed by atoms with Crippen molar-refractivity contribution in [2.24, 2.45) is 5.92 Å². The maximum Gasteiger partial charge on any atom is 0.139 e. The fraction of sp³-hybridized carbons (Fsp3) is 0.500. The normalized spacial score (nSPS) is 18.6. The maximum absolute atomic E-state index is 13.8. The van der Waals surface area contributed by atoms with E-state index in [4.69, 9.17) is 0 Å². The quantitative estimate of drug-likeness (QED) is 0.850. The fourth-order valence-electron chi connectivity index (χ4n) is 2.97. The molecule has 2 aromatic rings. The van der Waals surface area contributed by atoms with Gasteiger partial charge in [-0.3, -0.25) is 4.21 Å². The van der Waals surface area contributed by atoms with Crippen LogP contribution in [0.25, 0.3) is 0 Å². The lowest BCUT2D eigenvalue weighted by atomic mass is 10.1. The van der Waals surface area contributed by atoms with Crippen molar-refractivity contribution in [3.8, 4) is 0 Å². The average molecular weight is 321 g/mol. The molecule has 6 heteroatoms. The van der Waals surface area contributed by atoms with E-state index in [0.29, 0.717) is 18.1 Å². The largest absolute Gasteiger partial charge is 0.258 e. The first kappa shape index (κ1) is 15.3. The predicted molar refractivity (Wildman–Crippen MR) is 84.2 cm³/mol. The van der Waals surface area contributed by atoms with Gasteiger partial charge < -0.3 is 0 Å². The van der Waals surface area contributed by atoms with E-state index in [0.717, 1.165) is 29.9 Å². The zero-order valence-corrected chi connectivity index (χ0v) is 13.6. The van der Waals surface area contributed by atoms with Crippen molar-refractivity contribution in [3.05, 3.63) is 47.3 Å². The minimum absolute atomic E-state index is 0.102. The summed E-state index contributed by atoms with van der Waals surface area (Å²) in [5.74, 6) is 1.39. The molecule has 1 heterocycles. The first-order chi connectivity index (χ1) is 10.6. The summed E-state index contributed by atoms with van der Waals surface area (Å²) in [6.45, 7) is 4.99. The van der Waals surface area contributed by atoms with Gasteiger partial charge in [0, 0.05) is 17.3 Å². The summed E-state index contributed by atoms with van der Waals surface area (Å²) in [6.07, 6.45) is 2.91. The zero-order valence-electron chi connectivity index (χ0n) is 12.8. The third-order valence-corrected chi connectivity index (χ3v) is 5.65. The molecule has 0 saturated heterocycles. The topological polar surface area (TPSA) is 47.8 Å². The molecule has 0 spiro atoms. The summed E-state index contributed by atoms with van der Waals surface area (Å²) < 4.78 is 28.3. The molecule has 0 amide bonds. The Balaban J connectivity index is 1.77. The highest BCUT2D eigenvalue weighted by molar-refractivity contribution is 7.84. The van der Waals surface area contributed by atoms with Gasteiger partial charge in [0.1, 0.15) is 18.0 Å². The molecule has 2 atom stereocenters. The first-order valence-electron chi connectivity index (χ1n) is 7.57. The van der Waals surface area contributed by atoms with Crippen LogP contribution in [0.1, 0.15) is 42.5 Å². The molecule has 0 aliphatic heterocycles. The van der Waals surface area contributed by atoms with Crippen LogP contribution in [0, 0.1) is 11.7 Å². The van der Waals surface area contributed by atoms with Crippen LogP contribution in [0.2, 0.25) is 0 Å². The van der Waals surface area contributed by atoms with E-state index in [1.54, 1.807) is 6.07 Å². The molecule has 22 heavy (non-hydrogen) atoms. The van der Waals surface area contributed by atoms with Crippen LogP contribution in [0.15, 0.2) is 24.5 Å². The highest BCUT2D eigenvalue weighted by atomic mass is 32.2. The Labute approximate surface area is 132 Å². The van der Waals surface area contributed by atoms with Gasteiger partial charge in [-0.05, 0) is 36.0 Å². The molecule has 1 aromatic heterocycles. The van der Waals surface area contributed by atoms with Gasteiger partial charge in [-0.15, -0.1) is 0 Å². The van der Waals surface area contributed by atoms with Gasteiger partial charge in [-0.25, -0.2) is 14.1 Å². The number of nitrogens with zero attached hydrogens (tertiary/aromatic N) is 3. The zero-order chi connectivity index (χ0) is 15.7. The van der Waals surface area contributed by atoms with Gasteiger partial charge >= 0.3 is 0 Å². The Morgan fingerprint density at radius 1 is 1.45 bits per heavy atom. The van der Waals surface area contributed by atoms with Crippen LogP contribution in [0.5, 0.6) is 0 Å². The van der Waals surface area contributed by atoms with Gasteiger partial charge in [0.25, 0.3) is 0 Å². The molecule has 3 rings (SSSR count). The van der Waals surface area contributed by atoms with Crippen LogP contribution in [0.3, 0.4) is 0 Å². The summed E-state index contributed by atoms with van der Waals surface area (Å²) in [5.41, 5.74) is 1.62. The van der Waals surface area contributed by atoms with E-state index < -0.39 is 10.8 Å². The summed E-state index contributed by atoms with van der Waals surface area (Å²) in [7, 11) is -1.11. The van der Waals surface area contributed by atoms with Crippen molar-refractivity contribution >= 4 is 10.8 Å². The Kier molecular flexibility index (Phi) is 4.38. The van der Waals surface area contributed by atoms with E-state index >= 15 is 0 Å². The first-order valence-corrected chi connectivity index (χ1v) is 8.95. The van der Waals surface area contributed by atoms with E-state index in [1.807, 2.05) is 10.7 Å². The minimum atomic E-state index is -1.11. The third kappa shape index (κ3) is 2.97. The highest BCUT2D eigenvalue weighted by Crippen LogP contribution is 2.37. The SMILES string of the molecule is CC(C)Cn1ncnc1C[S@](=O)[C@H]1CCc2c(F)cccc21. The van der Waals surface area contributed by atoms with E-state index in [1.165, 1.54) is 12.4 Å². The van der Waals surface area contributed by atoms with E-state index in [9.17, 15) is 8.60 Å². The molecular weight excluding hydrogens is 301 g/mol. The van der Waals surface area contributed by atoms with Crippen LogP contribution >= 0.6 is 0 Å². The Morgan fingerprint density at radius 2 is 2.27 bits per heavy atom. The molecule has 1 aliphatic carbocycles. The molecule has 4 nitrogen and oxygen atoms in total. The number of rotatable bonds is 5. The van der Waals surface area contributed by atoms with Crippen molar-refractivity contribution in [1.29, 1.82) is 0 Å². The number of hydrogen-bond donors (Lipinski definition) is 0. The Bertz CT molecular complexity index is 698. The number of aromatic nitrogens is 3. The monoisotopic (exact) mass is 321 g/mol. The molecule has 0 unspecified atom stereocenters. The molecule has 0 radical (unpaired) electrons. The van der Waals surface area contributed by atoms with Crippen molar-refractivity contribution in [1.82, 2.24) is 14.8 Å². The van der Waals surface area contributed by atoms with Crippen LogP contribution in [0.4, 0.5) is 4.39 Å². The lowest BCUT2D eigenvalue weighted by molar-refractivity contribution is 0.471. The second-order valence-electron chi connectivity index (χ2n) is 6.11. The lowest BCUT2D eigenvalue weighted by Gasteiger charge is -2.13. The molecule has 118 valence electrons. The minimum Gasteiger partial charge on any atom is -0.258 e. The van der Waals surface area contributed by atoms with Gasteiger partial charge in [0.2, 0.25) is 0 Å². The maximum atomic E-state index is 13.8. The smallest absolute Gasteiger partial charge is 0.139 e. The molecule has 1 aliphatic rings.